The van der Waals surface area contributed by atoms with Crippen LogP contribution in [0.15, 0.2) is 24.3 Å². The van der Waals surface area contributed by atoms with Crippen LogP contribution in [0.3, 0.4) is 0 Å². The zero-order chi connectivity index (χ0) is 13.1. The third-order valence-corrected chi connectivity index (χ3v) is 3.00. The summed E-state index contributed by atoms with van der Waals surface area (Å²) < 4.78 is 13.0. The first-order valence-corrected chi connectivity index (χ1v) is 5.92. The molecule has 1 atom stereocenters. The molecule has 1 aliphatic carbocycles. The highest BCUT2D eigenvalue weighted by molar-refractivity contribution is 5.97. The van der Waals surface area contributed by atoms with Gasteiger partial charge >= 0.3 is 0 Å². The van der Waals surface area contributed by atoms with Crippen molar-refractivity contribution in [3.05, 3.63) is 35.6 Å². The van der Waals surface area contributed by atoms with E-state index in [1.54, 1.807) is 0 Å². The highest BCUT2D eigenvalue weighted by atomic mass is 19.1. The van der Waals surface area contributed by atoms with Crippen LogP contribution in [0.2, 0.25) is 0 Å². The Morgan fingerprint density at radius 1 is 1.44 bits per heavy atom. The highest BCUT2D eigenvalue weighted by Crippen LogP contribution is 2.33. The van der Waals surface area contributed by atoms with E-state index in [4.69, 9.17) is 5.73 Å². The van der Waals surface area contributed by atoms with Crippen LogP contribution in [-0.2, 0) is 4.79 Å². The van der Waals surface area contributed by atoms with Crippen LogP contribution in [0.1, 0.15) is 29.6 Å². The van der Waals surface area contributed by atoms with Gasteiger partial charge in [-0.15, -0.1) is 0 Å². The first-order valence-electron chi connectivity index (χ1n) is 5.92. The van der Waals surface area contributed by atoms with Gasteiger partial charge in [-0.1, -0.05) is 18.9 Å². The van der Waals surface area contributed by atoms with Crippen LogP contribution in [0, 0.1) is 11.7 Å². The number of nitrogens with two attached hydrogens (primary N) is 1. The topological polar surface area (TPSA) is 72.2 Å². The molecule has 2 amide bonds. The molecule has 1 fully saturated rings. The van der Waals surface area contributed by atoms with Crippen molar-refractivity contribution in [1.29, 1.82) is 0 Å². The number of carbonyl (C=O) groups excluding carboxylic acids is 2. The Hall–Kier alpha value is -1.91. The molecular formula is C13H15FN2O2. The fraction of sp³-hybridized carbons (Fsp3) is 0.385. The van der Waals surface area contributed by atoms with Gasteiger partial charge in [0.1, 0.15) is 11.9 Å². The summed E-state index contributed by atoms with van der Waals surface area (Å²) in [5, 5.41) is 2.55. The Morgan fingerprint density at radius 2 is 2.17 bits per heavy atom. The van der Waals surface area contributed by atoms with Gasteiger partial charge in [-0.25, -0.2) is 4.39 Å². The average Bonchev–Trinajstić information content (AvgIpc) is 3.12. The molecule has 0 bridgehead atoms. The molecule has 0 radical (unpaired) electrons. The summed E-state index contributed by atoms with van der Waals surface area (Å²) in [4.78, 5) is 23.1. The average molecular weight is 250 g/mol. The van der Waals surface area contributed by atoms with Crippen LogP contribution in [0.25, 0.3) is 0 Å². The molecule has 1 saturated carbocycles. The maximum absolute atomic E-state index is 13.0. The Labute approximate surface area is 104 Å². The summed E-state index contributed by atoms with van der Waals surface area (Å²) in [5.74, 6) is -1.04. The molecule has 2 rings (SSSR count). The number of hydrogen-bond acceptors (Lipinski definition) is 2. The van der Waals surface area contributed by atoms with Crippen LogP contribution in [0.4, 0.5) is 4.39 Å². The van der Waals surface area contributed by atoms with Gasteiger partial charge in [0, 0.05) is 5.56 Å². The molecule has 96 valence electrons. The van der Waals surface area contributed by atoms with E-state index in [-0.39, 0.29) is 5.56 Å². The van der Waals surface area contributed by atoms with Crippen molar-refractivity contribution in [1.82, 2.24) is 5.32 Å². The van der Waals surface area contributed by atoms with E-state index >= 15 is 0 Å². The SMILES string of the molecule is NC(=O)[C@@H](CC1CC1)NC(=O)c1cccc(F)c1. The minimum atomic E-state index is -0.673. The zero-order valence-electron chi connectivity index (χ0n) is 9.86. The van der Waals surface area contributed by atoms with Gasteiger partial charge in [0.2, 0.25) is 5.91 Å². The van der Waals surface area contributed by atoms with Crippen molar-refractivity contribution in [3.63, 3.8) is 0 Å². The molecule has 5 heteroatoms. The van der Waals surface area contributed by atoms with Crippen molar-refractivity contribution in [2.45, 2.75) is 25.3 Å². The minimum absolute atomic E-state index is 0.192. The molecule has 1 aliphatic rings. The first-order chi connectivity index (χ1) is 8.56. The summed E-state index contributed by atoms with van der Waals surface area (Å²) in [6.07, 6.45) is 2.70. The number of rotatable bonds is 5. The molecular weight excluding hydrogens is 235 g/mol. The van der Waals surface area contributed by atoms with Crippen molar-refractivity contribution in [2.75, 3.05) is 0 Å². The van der Waals surface area contributed by atoms with E-state index in [1.807, 2.05) is 0 Å². The number of halogens is 1. The predicted octanol–water partition coefficient (Wildman–Crippen LogP) is 1.21. The lowest BCUT2D eigenvalue weighted by molar-refractivity contribution is -0.120. The lowest BCUT2D eigenvalue weighted by Crippen LogP contribution is -2.44. The number of benzene rings is 1. The van der Waals surface area contributed by atoms with E-state index in [2.05, 4.69) is 5.32 Å². The summed E-state index contributed by atoms with van der Waals surface area (Å²) >= 11 is 0. The molecule has 0 heterocycles. The second-order valence-electron chi connectivity index (χ2n) is 4.62. The number of carbonyl (C=O) groups is 2. The largest absolute Gasteiger partial charge is 0.368 e. The molecule has 0 aliphatic heterocycles. The molecule has 4 nitrogen and oxygen atoms in total. The van der Waals surface area contributed by atoms with Crippen molar-refractivity contribution >= 4 is 11.8 Å². The molecule has 0 spiro atoms. The van der Waals surface area contributed by atoms with Gasteiger partial charge < -0.3 is 11.1 Å². The number of nitrogens with one attached hydrogen (secondary N) is 1. The quantitative estimate of drug-likeness (QED) is 0.824. The first kappa shape index (κ1) is 12.5. The van der Waals surface area contributed by atoms with Gasteiger partial charge in [0.05, 0.1) is 0 Å². The fourth-order valence-corrected chi connectivity index (χ4v) is 1.80. The lowest BCUT2D eigenvalue weighted by atomic mass is 10.1. The van der Waals surface area contributed by atoms with E-state index < -0.39 is 23.7 Å². The minimum Gasteiger partial charge on any atom is -0.368 e. The number of hydrogen-bond donors (Lipinski definition) is 2. The van der Waals surface area contributed by atoms with Crippen molar-refractivity contribution < 1.29 is 14.0 Å². The normalized spacial score (nSPS) is 16.1. The van der Waals surface area contributed by atoms with E-state index in [0.29, 0.717) is 12.3 Å². The van der Waals surface area contributed by atoms with Gasteiger partial charge in [-0.2, -0.15) is 0 Å². The summed E-state index contributed by atoms with van der Waals surface area (Å²) in [7, 11) is 0. The summed E-state index contributed by atoms with van der Waals surface area (Å²) in [6.45, 7) is 0. The molecule has 1 aromatic rings. The second kappa shape index (κ2) is 5.16. The van der Waals surface area contributed by atoms with E-state index in [0.717, 1.165) is 18.9 Å². The molecule has 1 aromatic carbocycles. The van der Waals surface area contributed by atoms with E-state index in [9.17, 15) is 14.0 Å². The van der Waals surface area contributed by atoms with Crippen molar-refractivity contribution in [3.8, 4) is 0 Å². The summed E-state index contributed by atoms with van der Waals surface area (Å²) in [5.41, 5.74) is 5.43. The third-order valence-electron chi connectivity index (χ3n) is 3.00. The van der Waals surface area contributed by atoms with Crippen LogP contribution in [-0.4, -0.2) is 17.9 Å². The van der Waals surface area contributed by atoms with E-state index in [1.165, 1.54) is 18.2 Å². The van der Waals surface area contributed by atoms with Crippen LogP contribution < -0.4 is 11.1 Å². The van der Waals surface area contributed by atoms with Gasteiger partial charge in [0.25, 0.3) is 5.91 Å². The Kier molecular flexibility index (Phi) is 3.60. The standard InChI is InChI=1S/C13H15FN2O2/c14-10-3-1-2-9(7-10)13(18)16-11(12(15)17)6-8-4-5-8/h1-3,7-8,11H,4-6H2,(H2,15,17)(H,16,18)/t11-/m1/s1. The Bertz CT molecular complexity index is 472. The highest BCUT2D eigenvalue weighted by Gasteiger charge is 2.29. The Morgan fingerprint density at radius 3 is 2.72 bits per heavy atom. The van der Waals surface area contributed by atoms with Crippen LogP contribution in [0.5, 0.6) is 0 Å². The zero-order valence-corrected chi connectivity index (χ0v) is 9.86. The van der Waals surface area contributed by atoms with Gasteiger partial charge in [0.15, 0.2) is 0 Å². The van der Waals surface area contributed by atoms with Gasteiger partial charge in [-0.3, -0.25) is 9.59 Å². The third kappa shape index (κ3) is 3.29. The smallest absolute Gasteiger partial charge is 0.252 e. The van der Waals surface area contributed by atoms with Crippen molar-refractivity contribution in [2.24, 2.45) is 11.7 Å². The summed E-state index contributed by atoms with van der Waals surface area (Å²) in [6, 6.07) is 4.66. The molecule has 0 aromatic heterocycles. The monoisotopic (exact) mass is 250 g/mol. The predicted molar refractivity (Wildman–Crippen MR) is 64.2 cm³/mol. The Balaban J connectivity index is 2.01. The maximum Gasteiger partial charge on any atom is 0.252 e. The lowest BCUT2D eigenvalue weighted by Gasteiger charge is -2.15. The molecule has 0 unspecified atom stereocenters. The fourth-order valence-electron chi connectivity index (χ4n) is 1.80. The second-order valence-corrected chi connectivity index (χ2v) is 4.62. The number of primary amides is 1. The molecule has 0 saturated heterocycles. The van der Waals surface area contributed by atoms with Gasteiger partial charge in [-0.05, 0) is 30.5 Å². The number of amides is 2. The molecule has 3 N–H and O–H groups in total. The maximum atomic E-state index is 13.0. The molecule has 18 heavy (non-hydrogen) atoms. The van der Waals surface area contributed by atoms with Crippen LogP contribution >= 0.6 is 0 Å².